The van der Waals surface area contributed by atoms with Gasteiger partial charge in [-0.3, -0.25) is 10.2 Å². The van der Waals surface area contributed by atoms with Gasteiger partial charge in [-0.05, 0) is 35.4 Å². The lowest BCUT2D eigenvalue weighted by Crippen LogP contribution is -2.30. The van der Waals surface area contributed by atoms with Crippen molar-refractivity contribution in [2.45, 2.75) is 0 Å². The van der Waals surface area contributed by atoms with Crippen molar-refractivity contribution in [3.8, 4) is 16.9 Å². The minimum Gasteiger partial charge on any atom is -0.465 e. The molecule has 3 N–H and O–H groups in total. The molecule has 0 unspecified atom stereocenters. The van der Waals surface area contributed by atoms with E-state index < -0.39 is 0 Å². The number of benzene rings is 2. The number of hydrogen-bond donors (Lipinski definition) is 3. The van der Waals surface area contributed by atoms with E-state index in [1.54, 1.807) is 6.08 Å². The Labute approximate surface area is 133 Å². The number of nitrogens with zero attached hydrogens (tertiary/aromatic N) is 1. The maximum absolute atomic E-state index is 10.1. The quantitative estimate of drug-likeness (QED) is 0.214. The van der Waals surface area contributed by atoms with Crippen molar-refractivity contribution in [1.29, 1.82) is 0 Å². The number of ether oxygens (including phenoxy) is 1. The summed E-state index contributed by atoms with van der Waals surface area (Å²) in [6, 6.07) is 13.4. The fourth-order valence-corrected chi connectivity index (χ4v) is 2.54. The van der Waals surface area contributed by atoms with Crippen molar-refractivity contribution >= 4 is 12.1 Å². The highest BCUT2D eigenvalue weighted by Crippen LogP contribution is 2.38. The van der Waals surface area contributed by atoms with Crippen molar-refractivity contribution in [2.24, 2.45) is 5.16 Å². The summed E-state index contributed by atoms with van der Waals surface area (Å²) >= 11 is 0. The zero-order valence-corrected chi connectivity index (χ0v) is 12.2. The van der Waals surface area contributed by atoms with E-state index in [2.05, 4.69) is 16.0 Å². The Balaban J connectivity index is 1.79. The average molecular weight is 309 g/mol. The van der Waals surface area contributed by atoms with Crippen LogP contribution in [0, 0.1) is 0 Å². The van der Waals surface area contributed by atoms with Crippen LogP contribution in [0.2, 0.25) is 0 Å². The van der Waals surface area contributed by atoms with Gasteiger partial charge in [-0.1, -0.05) is 29.4 Å². The van der Waals surface area contributed by atoms with Crippen molar-refractivity contribution < 1.29 is 14.7 Å². The van der Waals surface area contributed by atoms with Gasteiger partial charge in [0.1, 0.15) is 11.5 Å². The molecule has 6 heteroatoms. The van der Waals surface area contributed by atoms with E-state index in [0.29, 0.717) is 24.4 Å². The first-order valence-corrected chi connectivity index (χ1v) is 7.05. The van der Waals surface area contributed by atoms with Gasteiger partial charge < -0.3 is 9.94 Å². The van der Waals surface area contributed by atoms with Gasteiger partial charge in [0.2, 0.25) is 6.41 Å². The summed E-state index contributed by atoms with van der Waals surface area (Å²) in [5.74, 6) is 0.636. The van der Waals surface area contributed by atoms with Crippen LogP contribution in [0.5, 0.6) is 5.75 Å². The molecule has 3 rings (SSSR count). The minimum absolute atomic E-state index is 0.443. The minimum atomic E-state index is 0.443. The summed E-state index contributed by atoms with van der Waals surface area (Å²) in [5, 5.41) is 12.8. The Morgan fingerprint density at radius 2 is 1.87 bits per heavy atom. The molecule has 0 saturated carbocycles. The summed E-state index contributed by atoms with van der Waals surface area (Å²) in [6.45, 7) is 0.443. The monoisotopic (exact) mass is 309 g/mol. The van der Waals surface area contributed by atoms with Crippen LogP contribution in [0.15, 0.2) is 60.0 Å². The number of nitrogens with one attached hydrogen (secondary N) is 2. The van der Waals surface area contributed by atoms with Gasteiger partial charge in [-0.15, -0.1) is 0 Å². The first-order chi connectivity index (χ1) is 11.3. The third kappa shape index (κ3) is 2.93. The Kier molecular flexibility index (Phi) is 4.35. The highest BCUT2D eigenvalue weighted by Gasteiger charge is 2.25. The third-order valence-electron chi connectivity index (χ3n) is 3.50. The van der Waals surface area contributed by atoms with Crippen LogP contribution in [0.1, 0.15) is 11.1 Å². The molecule has 6 nitrogen and oxygen atoms in total. The smallest absolute Gasteiger partial charge is 0.221 e. The number of carbonyl (C=O) groups excluding carboxylic acids is 1. The number of carbonyl (C=O) groups is 1. The summed E-state index contributed by atoms with van der Waals surface area (Å²) in [5.41, 5.74) is 9.32. The lowest BCUT2D eigenvalue weighted by Gasteiger charge is -2.04. The lowest BCUT2D eigenvalue weighted by atomic mass is 10.1. The van der Waals surface area contributed by atoms with E-state index in [1.807, 2.05) is 42.5 Å². The number of amides is 1. The number of rotatable bonds is 6. The predicted molar refractivity (Wildman–Crippen MR) is 86.3 cm³/mol. The first kappa shape index (κ1) is 14.8. The normalized spacial score (nSPS) is 13.8. The van der Waals surface area contributed by atoms with E-state index in [9.17, 15) is 10.0 Å². The molecule has 2 aromatic rings. The molecule has 23 heavy (non-hydrogen) atoms. The molecule has 0 radical (unpaired) electrons. The second kappa shape index (κ2) is 6.76. The molecule has 0 fully saturated rings. The summed E-state index contributed by atoms with van der Waals surface area (Å²) in [7, 11) is 0. The average Bonchev–Trinajstić information content (AvgIpc) is 2.91. The fraction of sp³-hybridized carbons (Fsp3) is 0.0588. The van der Waals surface area contributed by atoms with E-state index >= 15 is 0 Å². The highest BCUT2D eigenvalue weighted by molar-refractivity contribution is 6.24. The van der Waals surface area contributed by atoms with Gasteiger partial charge in [0.25, 0.3) is 0 Å². The molecule has 0 heterocycles. The van der Waals surface area contributed by atoms with Gasteiger partial charge in [-0.2, -0.15) is 0 Å². The molecule has 0 bridgehead atoms. The van der Waals surface area contributed by atoms with Gasteiger partial charge in [0.15, 0.2) is 0 Å². The van der Waals surface area contributed by atoms with Crippen LogP contribution < -0.4 is 15.6 Å². The SMILES string of the molecule is O=CNNC/C=C/Oc1ccc2c(c1)/C(=N\O)c1ccccc1-2. The van der Waals surface area contributed by atoms with Crippen molar-refractivity contribution in [3.63, 3.8) is 0 Å². The van der Waals surface area contributed by atoms with Gasteiger partial charge in [0.05, 0.1) is 6.26 Å². The second-order valence-corrected chi connectivity index (χ2v) is 4.83. The maximum atomic E-state index is 10.1. The summed E-state index contributed by atoms with van der Waals surface area (Å²) < 4.78 is 5.53. The largest absolute Gasteiger partial charge is 0.465 e. The molecular weight excluding hydrogens is 294 g/mol. The van der Waals surface area contributed by atoms with Crippen LogP contribution in [-0.2, 0) is 4.79 Å². The van der Waals surface area contributed by atoms with Crippen LogP contribution in [0.25, 0.3) is 11.1 Å². The number of oxime groups is 1. The molecule has 1 aliphatic rings. The van der Waals surface area contributed by atoms with Crippen LogP contribution in [0.4, 0.5) is 0 Å². The van der Waals surface area contributed by atoms with E-state index in [4.69, 9.17) is 4.74 Å². The van der Waals surface area contributed by atoms with Crippen LogP contribution in [-0.4, -0.2) is 23.9 Å². The van der Waals surface area contributed by atoms with Crippen LogP contribution >= 0.6 is 0 Å². The Bertz CT molecular complexity index is 784. The second-order valence-electron chi connectivity index (χ2n) is 4.83. The van der Waals surface area contributed by atoms with E-state index in [1.165, 1.54) is 6.26 Å². The Hall–Kier alpha value is -3.12. The van der Waals surface area contributed by atoms with Crippen molar-refractivity contribution in [3.05, 3.63) is 65.9 Å². The first-order valence-electron chi connectivity index (χ1n) is 7.05. The van der Waals surface area contributed by atoms with Crippen molar-refractivity contribution in [2.75, 3.05) is 6.54 Å². The molecule has 1 amide bonds. The maximum Gasteiger partial charge on any atom is 0.221 e. The molecule has 1 aliphatic carbocycles. The summed E-state index contributed by atoms with van der Waals surface area (Å²) in [4.78, 5) is 10.1. The van der Waals surface area contributed by atoms with Crippen LogP contribution in [0.3, 0.4) is 0 Å². The molecule has 0 atom stereocenters. The van der Waals surface area contributed by atoms with Gasteiger partial charge >= 0.3 is 0 Å². The molecule has 116 valence electrons. The lowest BCUT2D eigenvalue weighted by molar-refractivity contribution is -0.110. The molecule has 2 aromatic carbocycles. The summed E-state index contributed by atoms with van der Waals surface area (Å²) in [6.07, 6.45) is 3.81. The van der Waals surface area contributed by atoms with E-state index in [0.717, 1.165) is 22.3 Å². The predicted octanol–water partition coefficient (Wildman–Crippen LogP) is 2.04. The molecule has 0 aliphatic heterocycles. The zero-order chi connectivity index (χ0) is 16.1. The molecular formula is C17H15N3O3. The Morgan fingerprint density at radius 1 is 1.09 bits per heavy atom. The van der Waals surface area contributed by atoms with Gasteiger partial charge in [0, 0.05) is 17.7 Å². The molecule has 0 spiro atoms. The zero-order valence-electron chi connectivity index (χ0n) is 12.2. The third-order valence-corrected chi connectivity index (χ3v) is 3.50. The topological polar surface area (TPSA) is 83.0 Å². The molecule has 0 saturated heterocycles. The van der Waals surface area contributed by atoms with Crippen molar-refractivity contribution in [1.82, 2.24) is 10.9 Å². The number of hydrazine groups is 1. The van der Waals surface area contributed by atoms with E-state index in [-0.39, 0.29) is 0 Å². The molecule has 0 aromatic heterocycles. The van der Waals surface area contributed by atoms with Gasteiger partial charge in [-0.25, -0.2) is 5.43 Å². The highest BCUT2D eigenvalue weighted by atomic mass is 16.5. The Morgan fingerprint density at radius 3 is 2.65 bits per heavy atom. The number of hydrogen-bond acceptors (Lipinski definition) is 5. The number of fused-ring (bicyclic) bond motifs is 3. The standard InChI is InChI=1S/C17H15N3O3/c21-11-19-18-8-3-9-23-12-6-7-14-13-4-1-2-5-15(13)17(20-22)16(14)10-12/h1-7,9-11,18,22H,8H2,(H,19,21)/b9-3+,20-17-. The fourth-order valence-electron chi connectivity index (χ4n) is 2.54.